The summed E-state index contributed by atoms with van der Waals surface area (Å²) in [7, 11) is -1.62. The Labute approximate surface area is 157 Å². The lowest BCUT2D eigenvalue weighted by molar-refractivity contribution is 0.415. The largest absolute Gasteiger partial charge is 0.497 e. The van der Waals surface area contributed by atoms with Gasteiger partial charge in [0.15, 0.2) is 15.0 Å². The summed E-state index contributed by atoms with van der Waals surface area (Å²) >= 11 is 6.45. The molecule has 2 aromatic carbocycles. The second-order valence-corrected chi connectivity index (χ2v) is 8.67. The third-order valence-electron chi connectivity index (χ3n) is 4.61. The zero-order chi connectivity index (χ0) is 18.5. The van der Waals surface area contributed by atoms with Crippen LogP contribution in [0.2, 0.25) is 5.15 Å². The molecule has 1 aliphatic rings. The quantitative estimate of drug-likeness (QED) is 0.686. The molecule has 0 atom stereocenters. The van der Waals surface area contributed by atoms with E-state index in [0.29, 0.717) is 16.5 Å². The number of hydrogen-bond acceptors (Lipinski definition) is 4. The van der Waals surface area contributed by atoms with Gasteiger partial charge in [0.05, 0.1) is 23.4 Å². The van der Waals surface area contributed by atoms with Gasteiger partial charge < -0.3 is 4.74 Å². The first-order valence-electron chi connectivity index (χ1n) is 8.13. The van der Waals surface area contributed by atoms with E-state index in [1.165, 1.54) is 6.26 Å². The smallest absolute Gasteiger partial charge is 0.175 e. The first-order chi connectivity index (χ1) is 12.4. The maximum absolute atomic E-state index is 11.9. The van der Waals surface area contributed by atoms with Crippen molar-refractivity contribution >= 4 is 21.4 Å². The summed E-state index contributed by atoms with van der Waals surface area (Å²) in [6.07, 6.45) is 2.66. The molecule has 7 heteroatoms. The number of hydrogen-bond donors (Lipinski definition) is 0. The molecular weight excluding hydrogens is 372 g/mol. The van der Waals surface area contributed by atoms with Crippen LogP contribution in [0.5, 0.6) is 5.75 Å². The SMILES string of the molecule is COc1ccc(-c2c(Cl)nc3n2-c2ccc(S(C)(=O)=O)cc2CC3)cc1. The molecule has 0 amide bonds. The molecule has 3 aromatic rings. The average Bonchev–Trinajstić information content (AvgIpc) is 2.97. The maximum Gasteiger partial charge on any atom is 0.175 e. The van der Waals surface area contributed by atoms with Crippen LogP contribution in [0, 0.1) is 0 Å². The summed E-state index contributed by atoms with van der Waals surface area (Å²) in [5.41, 5.74) is 3.63. The molecule has 5 nitrogen and oxygen atoms in total. The molecule has 1 aromatic heterocycles. The second-order valence-electron chi connectivity index (χ2n) is 6.29. The molecule has 0 bridgehead atoms. The summed E-state index contributed by atoms with van der Waals surface area (Å²) < 4.78 is 31.0. The van der Waals surface area contributed by atoms with Gasteiger partial charge in [0.25, 0.3) is 0 Å². The molecule has 2 heterocycles. The molecular formula is C19H17ClN2O3S. The van der Waals surface area contributed by atoms with Crippen LogP contribution in [0.1, 0.15) is 11.4 Å². The minimum absolute atomic E-state index is 0.330. The average molecular weight is 389 g/mol. The van der Waals surface area contributed by atoms with Gasteiger partial charge in [0.2, 0.25) is 0 Å². The number of sulfone groups is 1. The van der Waals surface area contributed by atoms with Crippen LogP contribution >= 0.6 is 11.6 Å². The maximum atomic E-state index is 11.9. The highest BCUT2D eigenvalue weighted by atomic mass is 35.5. The van der Waals surface area contributed by atoms with Gasteiger partial charge in [-0.05, 0) is 54.4 Å². The van der Waals surface area contributed by atoms with E-state index in [0.717, 1.165) is 40.5 Å². The van der Waals surface area contributed by atoms with Crippen molar-refractivity contribution in [3.05, 3.63) is 59.0 Å². The highest BCUT2D eigenvalue weighted by molar-refractivity contribution is 7.90. The molecule has 0 radical (unpaired) electrons. The number of benzene rings is 2. The third kappa shape index (κ3) is 2.79. The molecule has 0 saturated heterocycles. The van der Waals surface area contributed by atoms with Gasteiger partial charge in [-0.3, -0.25) is 4.57 Å². The molecule has 0 aliphatic carbocycles. The van der Waals surface area contributed by atoms with E-state index >= 15 is 0 Å². The minimum Gasteiger partial charge on any atom is -0.497 e. The number of ether oxygens (including phenoxy) is 1. The molecule has 0 spiro atoms. The number of aromatic nitrogens is 2. The predicted molar refractivity (Wildman–Crippen MR) is 101 cm³/mol. The molecule has 26 heavy (non-hydrogen) atoms. The number of fused-ring (bicyclic) bond motifs is 3. The second kappa shape index (κ2) is 6.14. The summed E-state index contributed by atoms with van der Waals surface area (Å²) in [6.45, 7) is 0. The molecule has 0 N–H and O–H groups in total. The van der Waals surface area contributed by atoms with Crippen molar-refractivity contribution in [1.29, 1.82) is 0 Å². The number of methoxy groups -OCH3 is 1. The Morgan fingerprint density at radius 1 is 1.12 bits per heavy atom. The fourth-order valence-electron chi connectivity index (χ4n) is 3.32. The van der Waals surface area contributed by atoms with E-state index in [1.54, 1.807) is 19.2 Å². The Bertz CT molecular complexity index is 1100. The fourth-order valence-corrected chi connectivity index (χ4v) is 4.28. The van der Waals surface area contributed by atoms with Gasteiger partial charge in [0.1, 0.15) is 11.6 Å². The van der Waals surface area contributed by atoms with Crippen LogP contribution in [0.4, 0.5) is 0 Å². The molecule has 1 aliphatic heterocycles. The van der Waals surface area contributed by atoms with E-state index in [2.05, 4.69) is 4.98 Å². The fraction of sp³-hybridized carbons (Fsp3) is 0.211. The number of halogens is 1. The Morgan fingerprint density at radius 3 is 2.50 bits per heavy atom. The summed E-state index contributed by atoms with van der Waals surface area (Å²) in [5.74, 6) is 1.64. The zero-order valence-electron chi connectivity index (χ0n) is 14.4. The van der Waals surface area contributed by atoms with Crippen LogP contribution in [0.3, 0.4) is 0 Å². The van der Waals surface area contributed by atoms with Crippen LogP contribution in [0.25, 0.3) is 16.9 Å². The lowest BCUT2D eigenvalue weighted by atomic mass is 10.0. The first kappa shape index (κ1) is 17.1. The normalized spacial score (nSPS) is 13.2. The monoisotopic (exact) mass is 388 g/mol. The summed E-state index contributed by atoms with van der Waals surface area (Å²) in [5, 5.41) is 0.435. The lowest BCUT2D eigenvalue weighted by Gasteiger charge is -2.21. The number of rotatable bonds is 3. The lowest BCUT2D eigenvalue weighted by Crippen LogP contribution is -2.14. The standard InChI is InChI=1S/C19H17ClN2O3S/c1-25-14-6-3-12(4-7-14)18-19(20)21-17-10-5-13-11-15(26(2,23)24)8-9-16(13)22(17)18/h3-4,6-9,11H,5,10H2,1-2H3. The van der Waals surface area contributed by atoms with Crippen LogP contribution in [-0.2, 0) is 22.7 Å². The molecule has 134 valence electrons. The molecule has 0 fully saturated rings. The predicted octanol–water partition coefficient (Wildman–Crippen LogP) is 3.70. The van der Waals surface area contributed by atoms with Gasteiger partial charge in [-0.1, -0.05) is 11.6 Å². The van der Waals surface area contributed by atoms with Crippen molar-refractivity contribution in [2.24, 2.45) is 0 Å². The number of aryl methyl sites for hydroxylation is 2. The first-order valence-corrected chi connectivity index (χ1v) is 10.4. The minimum atomic E-state index is -3.24. The van der Waals surface area contributed by atoms with Gasteiger partial charge in [-0.2, -0.15) is 0 Å². The van der Waals surface area contributed by atoms with E-state index in [4.69, 9.17) is 16.3 Å². The van der Waals surface area contributed by atoms with Gasteiger partial charge in [-0.15, -0.1) is 0 Å². The Hall–Kier alpha value is -2.31. The van der Waals surface area contributed by atoms with Crippen LogP contribution < -0.4 is 4.74 Å². The molecule has 4 rings (SSSR count). The van der Waals surface area contributed by atoms with Gasteiger partial charge in [-0.25, -0.2) is 13.4 Å². The third-order valence-corrected chi connectivity index (χ3v) is 5.98. The van der Waals surface area contributed by atoms with Gasteiger partial charge >= 0.3 is 0 Å². The van der Waals surface area contributed by atoms with Crippen molar-refractivity contribution in [1.82, 2.24) is 9.55 Å². The van der Waals surface area contributed by atoms with Crippen molar-refractivity contribution in [3.63, 3.8) is 0 Å². The Kier molecular flexibility index (Phi) is 4.04. The Morgan fingerprint density at radius 2 is 1.85 bits per heavy atom. The number of imidazole rings is 1. The van der Waals surface area contributed by atoms with Crippen molar-refractivity contribution in [2.45, 2.75) is 17.7 Å². The van der Waals surface area contributed by atoms with Crippen molar-refractivity contribution in [3.8, 4) is 22.7 Å². The van der Waals surface area contributed by atoms with Crippen molar-refractivity contribution in [2.75, 3.05) is 13.4 Å². The highest BCUT2D eigenvalue weighted by Gasteiger charge is 2.25. The van der Waals surface area contributed by atoms with Crippen molar-refractivity contribution < 1.29 is 13.2 Å². The topological polar surface area (TPSA) is 61.2 Å². The van der Waals surface area contributed by atoms with E-state index in [9.17, 15) is 8.42 Å². The zero-order valence-corrected chi connectivity index (χ0v) is 15.9. The number of nitrogens with zero attached hydrogens (tertiary/aromatic N) is 2. The molecule has 0 saturated carbocycles. The van der Waals surface area contributed by atoms with E-state index < -0.39 is 9.84 Å². The van der Waals surface area contributed by atoms with Gasteiger partial charge in [0, 0.05) is 18.2 Å². The van der Waals surface area contributed by atoms with Crippen LogP contribution in [-0.4, -0.2) is 31.3 Å². The highest BCUT2D eigenvalue weighted by Crippen LogP contribution is 2.37. The summed E-state index contributed by atoms with van der Waals surface area (Å²) in [6, 6.07) is 12.8. The van der Waals surface area contributed by atoms with E-state index in [1.807, 2.05) is 34.9 Å². The molecule has 0 unspecified atom stereocenters. The van der Waals surface area contributed by atoms with Crippen LogP contribution in [0.15, 0.2) is 47.4 Å². The Balaban J connectivity index is 1.90. The summed E-state index contributed by atoms with van der Waals surface area (Å²) in [4.78, 5) is 4.85. The van der Waals surface area contributed by atoms with E-state index in [-0.39, 0.29) is 0 Å².